The lowest BCUT2D eigenvalue weighted by molar-refractivity contribution is 0.127. The van der Waals surface area contributed by atoms with Crippen molar-refractivity contribution >= 4 is 11.6 Å². The predicted molar refractivity (Wildman–Crippen MR) is 85.9 cm³/mol. The maximum Gasteiger partial charge on any atom is 0.0454 e. The molecule has 2 N–H and O–H groups in total. The molecule has 1 fully saturated rings. The highest BCUT2D eigenvalue weighted by Gasteiger charge is 2.21. The van der Waals surface area contributed by atoms with E-state index in [1.54, 1.807) is 0 Å². The number of hydrogen-bond acceptors (Lipinski definition) is 3. The Balaban J connectivity index is 1.93. The summed E-state index contributed by atoms with van der Waals surface area (Å²) in [4.78, 5) is 4.96. The van der Waals surface area contributed by atoms with E-state index in [4.69, 9.17) is 17.3 Å². The van der Waals surface area contributed by atoms with E-state index in [-0.39, 0.29) is 0 Å². The van der Waals surface area contributed by atoms with Crippen LogP contribution in [0, 0.1) is 0 Å². The fourth-order valence-electron chi connectivity index (χ4n) is 2.92. The highest BCUT2D eigenvalue weighted by molar-refractivity contribution is 6.31. The Morgan fingerprint density at radius 3 is 2.60 bits per heavy atom. The Labute approximate surface area is 127 Å². The van der Waals surface area contributed by atoms with Gasteiger partial charge in [-0.2, -0.15) is 0 Å². The summed E-state index contributed by atoms with van der Waals surface area (Å²) >= 11 is 6.35. The third-order valence-corrected chi connectivity index (χ3v) is 4.75. The molecule has 0 unspecified atom stereocenters. The van der Waals surface area contributed by atoms with Gasteiger partial charge in [0.15, 0.2) is 0 Å². The molecule has 0 spiro atoms. The number of rotatable bonds is 5. The van der Waals surface area contributed by atoms with Gasteiger partial charge in [0, 0.05) is 24.2 Å². The van der Waals surface area contributed by atoms with E-state index in [9.17, 15) is 0 Å². The van der Waals surface area contributed by atoms with Crippen LogP contribution in [0.15, 0.2) is 18.2 Å². The van der Waals surface area contributed by atoms with Gasteiger partial charge in [0.05, 0.1) is 0 Å². The van der Waals surface area contributed by atoms with Crippen LogP contribution in [0.1, 0.15) is 30.9 Å². The van der Waals surface area contributed by atoms with Crippen molar-refractivity contribution in [3.05, 3.63) is 34.3 Å². The quantitative estimate of drug-likeness (QED) is 0.906. The van der Waals surface area contributed by atoms with Crippen LogP contribution in [0.25, 0.3) is 0 Å². The molecule has 20 heavy (non-hydrogen) atoms. The van der Waals surface area contributed by atoms with Crippen molar-refractivity contribution in [2.45, 2.75) is 38.9 Å². The molecule has 1 aromatic rings. The van der Waals surface area contributed by atoms with E-state index in [1.807, 2.05) is 6.07 Å². The molecule has 0 atom stereocenters. The van der Waals surface area contributed by atoms with Crippen molar-refractivity contribution in [2.24, 2.45) is 5.73 Å². The minimum absolute atomic E-state index is 0.547. The average Bonchev–Trinajstić information content (AvgIpc) is 2.49. The normalized spacial score (nSPS) is 17.9. The fraction of sp³-hybridized carbons (Fsp3) is 0.625. The van der Waals surface area contributed by atoms with Crippen molar-refractivity contribution in [3.8, 4) is 0 Å². The first-order valence-electron chi connectivity index (χ1n) is 7.54. The number of likely N-dealkylation sites (tertiary alicyclic amines) is 1. The van der Waals surface area contributed by atoms with E-state index in [0.717, 1.165) is 17.1 Å². The van der Waals surface area contributed by atoms with Gasteiger partial charge in [-0.05, 0) is 56.7 Å². The second kappa shape index (κ2) is 7.41. The minimum atomic E-state index is 0.547. The van der Waals surface area contributed by atoms with Crippen LogP contribution in [0.2, 0.25) is 5.02 Å². The van der Waals surface area contributed by atoms with Gasteiger partial charge in [0.2, 0.25) is 0 Å². The van der Waals surface area contributed by atoms with Crippen molar-refractivity contribution in [1.82, 2.24) is 9.80 Å². The second-order valence-corrected chi connectivity index (χ2v) is 6.12. The molecule has 1 aromatic carbocycles. The predicted octanol–water partition coefficient (Wildman–Crippen LogP) is 2.71. The minimum Gasteiger partial charge on any atom is -0.326 e. The second-order valence-electron chi connectivity index (χ2n) is 5.71. The first-order chi connectivity index (χ1) is 9.63. The fourth-order valence-corrected chi connectivity index (χ4v) is 3.18. The standard InChI is InChI=1S/C16H26ClN3/c1-3-20-8-6-15(7-9-20)19(2)12-14-5-4-13(11-18)10-16(14)17/h4-5,10,15H,3,6-9,11-12,18H2,1-2H3. The molecule has 112 valence electrons. The van der Waals surface area contributed by atoms with Gasteiger partial charge >= 0.3 is 0 Å². The Morgan fingerprint density at radius 1 is 1.35 bits per heavy atom. The van der Waals surface area contributed by atoms with Gasteiger partial charge in [0.25, 0.3) is 0 Å². The van der Waals surface area contributed by atoms with Crippen molar-refractivity contribution in [3.63, 3.8) is 0 Å². The first kappa shape index (κ1) is 15.8. The van der Waals surface area contributed by atoms with Gasteiger partial charge in [-0.3, -0.25) is 4.90 Å². The van der Waals surface area contributed by atoms with Crippen molar-refractivity contribution < 1.29 is 0 Å². The molecule has 0 amide bonds. The largest absolute Gasteiger partial charge is 0.326 e. The van der Waals surface area contributed by atoms with Crippen LogP contribution in [-0.2, 0) is 13.1 Å². The van der Waals surface area contributed by atoms with E-state index >= 15 is 0 Å². The lowest BCUT2D eigenvalue weighted by Gasteiger charge is -2.36. The van der Waals surface area contributed by atoms with Crippen molar-refractivity contribution in [1.29, 1.82) is 0 Å². The van der Waals surface area contributed by atoms with Gasteiger partial charge < -0.3 is 10.6 Å². The molecule has 1 saturated heterocycles. The molecule has 2 rings (SSSR count). The molecule has 1 aliphatic heterocycles. The summed E-state index contributed by atoms with van der Waals surface area (Å²) < 4.78 is 0. The summed E-state index contributed by atoms with van der Waals surface area (Å²) in [5.41, 5.74) is 7.93. The van der Waals surface area contributed by atoms with Crippen LogP contribution in [-0.4, -0.2) is 42.5 Å². The molecule has 0 radical (unpaired) electrons. The Bertz CT molecular complexity index is 428. The maximum absolute atomic E-state index is 6.35. The molecule has 4 heteroatoms. The molecule has 0 aromatic heterocycles. The number of nitrogens with two attached hydrogens (primary N) is 1. The summed E-state index contributed by atoms with van der Waals surface area (Å²) in [7, 11) is 2.21. The van der Waals surface area contributed by atoms with Crippen LogP contribution in [0.5, 0.6) is 0 Å². The zero-order valence-electron chi connectivity index (χ0n) is 12.6. The summed E-state index contributed by atoms with van der Waals surface area (Å²) in [5.74, 6) is 0. The highest BCUT2D eigenvalue weighted by atomic mass is 35.5. The average molecular weight is 296 g/mol. The topological polar surface area (TPSA) is 32.5 Å². The maximum atomic E-state index is 6.35. The molecular weight excluding hydrogens is 270 g/mol. The number of halogens is 1. The van der Waals surface area contributed by atoms with Gasteiger partial charge in [-0.25, -0.2) is 0 Å². The molecule has 1 heterocycles. The Hall–Kier alpha value is -0.610. The summed E-state index contributed by atoms with van der Waals surface area (Å²) in [6.07, 6.45) is 2.51. The highest BCUT2D eigenvalue weighted by Crippen LogP contribution is 2.22. The van der Waals surface area contributed by atoms with E-state index < -0.39 is 0 Å². The van der Waals surface area contributed by atoms with E-state index in [2.05, 4.69) is 35.9 Å². The van der Waals surface area contributed by atoms with Gasteiger partial charge in [-0.1, -0.05) is 30.7 Å². The number of nitrogens with zero attached hydrogens (tertiary/aromatic N) is 2. The molecular formula is C16H26ClN3. The van der Waals surface area contributed by atoms with E-state index in [0.29, 0.717) is 12.6 Å². The first-order valence-corrected chi connectivity index (χ1v) is 7.91. The van der Waals surface area contributed by atoms with Crippen LogP contribution >= 0.6 is 11.6 Å². The number of piperidine rings is 1. The third-order valence-electron chi connectivity index (χ3n) is 4.40. The van der Waals surface area contributed by atoms with Crippen molar-refractivity contribution in [2.75, 3.05) is 26.7 Å². The lowest BCUT2D eigenvalue weighted by Crippen LogP contribution is -2.42. The Kier molecular flexibility index (Phi) is 5.85. The Morgan fingerprint density at radius 2 is 2.05 bits per heavy atom. The molecule has 3 nitrogen and oxygen atoms in total. The SMILES string of the molecule is CCN1CCC(N(C)Cc2ccc(CN)cc2Cl)CC1. The third kappa shape index (κ3) is 3.95. The number of benzene rings is 1. The molecule has 1 aliphatic rings. The summed E-state index contributed by atoms with van der Waals surface area (Å²) in [6.45, 7) is 7.30. The van der Waals surface area contributed by atoms with Gasteiger partial charge in [-0.15, -0.1) is 0 Å². The van der Waals surface area contributed by atoms with Crippen LogP contribution < -0.4 is 5.73 Å². The monoisotopic (exact) mass is 295 g/mol. The summed E-state index contributed by atoms with van der Waals surface area (Å²) in [5, 5.41) is 0.839. The zero-order chi connectivity index (χ0) is 14.5. The lowest BCUT2D eigenvalue weighted by atomic mass is 10.0. The van der Waals surface area contributed by atoms with E-state index in [1.165, 1.54) is 38.0 Å². The van der Waals surface area contributed by atoms with Crippen LogP contribution in [0.3, 0.4) is 0 Å². The van der Waals surface area contributed by atoms with Gasteiger partial charge in [0.1, 0.15) is 0 Å². The van der Waals surface area contributed by atoms with Crippen LogP contribution in [0.4, 0.5) is 0 Å². The zero-order valence-corrected chi connectivity index (χ0v) is 13.4. The smallest absolute Gasteiger partial charge is 0.0454 e. The molecule has 0 bridgehead atoms. The molecule has 0 aliphatic carbocycles. The summed E-state index contributed by atoms with van der Waals surface area (Å²) in [6, 6.07) is 6.85. The molecule has 0 saturated carbocycles. The number of hydrogen-bond donors (Lipinski definition) is 1.